The van der Waals surface area contributed by atoms with Crippen LogP contribution in [-0.4, -0.2) is 28.7 Å². The monoisotopic (exact) mass is 409 g/mol. The molecular formula is C15H12ClF4N3O4. The van der Waals surface area contributed by atoms with E-state index in [0.29, 0.717) is 6.07 Å². The van der Waals surface area contributed by atoms with Crippen molar-refractivity contribution < 1.29 is 27.1 Å². The van der Waals surface area contributed by atoms with Crippen LogP contribution in [0.1, 0.15) is 5.69 Å². The van der Waals surface area contributed by atoms with Crippen LogP contribution < -0.4 is 21.3 Å². The number of hydrogen-bond donors (Lipinski definition) is 1. The van der Waals surface area contributed by atoms with Crippen molar-refractivity contribution in [1.29, 1.82) is 0 Å². The molecule has 0 aliphatic carbocycles. The minimum atomic E-state index is -4.95. The molecule has 12 heteroatoms. The second kappa shape index (κ2) is 7.43. The SMILES string of the molecule is CNC(=O)COc1cc(-n2c(=O)cc(C(F)(F)F)n(C)c2=O)c(F)cc1Cl. The maximum atomic E-state index is 14.3. The summed E-state index contributed by atoms with van der Waals surface area (Å²) < 4.78 is 58.4. The molecule has 0 fully saturated rings. The number of halogens is 5. The summed E-state index contributed by atoms with van der Waals surface area (Å²) in [4.78, 5) is 35.5. The van der Waals surface area contributed by atoms with Crippen molar-refractivity contribution in [1.82, 2.24) is 14.5 Å². The maximum absolute atomic E-state index is 14.3. The molecule has 1 N–H and O–H groups in total. The number of carbonyl (C=O) groups is 1. The van der Waals surface area contributed by atoms with E-state index in [1.165, 1.54) is 7.05 Å². The van der Waals surface area contributed by atoms with Crippen LogP contribution in [0.15, 0.2) is 27.8 Å². The smallest absolute Gasteiger partial charge is 0.431 e. The molecule has 0 unspecified atom stereocenters. The largest absolute Gasteiger partial charge is 0.482 e. The third kappa shape index (κ3) is 4.13. The fourth-order valence-corrected chi connectivity index (χ4v) is 2.34. The van der Waals surface area contributed by atoms with Crippen molar-refractivity contribution in [3.8, 4) is 11.4 Å². The van der Waals surface area contributed by atoms with E-state index < -0.39 is 47.1 Å². The second-order valence-corrected chi connectivity index (χ2v) is 5.65. The molecule has 2 rings (SSSR count). The first-order valence-electron chi connectivity index (χ1n) is 7.20. The molecule has 27 heavy (non-hydrogen) atoms. The van der Waals surface area contributed by atoms with Crippen LogP contribution in [0.25, 0.3) is 5.69 Å². The summed E-state index contributed by atoms with van der Waals surface area (Å²) in [7, 11) is 2.13. The first-order chi connectivity index (χ1) is 12.5. The Hall–Kier alpha value is -2.82. The van der Waals surface area contributed by atoms with Gasteiger partial charge in [0.2, 0.25) is 0 Å². The summed E-state index contributed by atoms with van der Waals surface area (Å²) in [6.45, 7) is -0.499. The minimum Gasteiger partial charge on any atom is -0.482 e. The van der Waals surface area contributed by atoms with E-state index in [1.807, 2.05) is 0 Å². The number of likely N-dealkylation sites (N-methyl/N-ethyl adjacent to an activating group) is 1. The molecule has 0 aliphatic heterocycles. The van der Waals surface area contributed by atoms with Gasteiger partial charge in [0.05, 0.1) is 10.7 Å². The number of nitrogens with zero attached hydrogens (tertiary/aromatic N) is 2. The molecule has 1 heterocycles. The van der Waals surface area contributed by atoms with Gasteiger partial charge in [-0.05, 0) is 6.07 Å². The summed E-state index contributed by atoms with van der Waals surface area (Å²) in [5, 5.41) is 2.00. The number of ether oxygens (including phenoxy) is 1. The van der Waals surface area contributed by atoms with Gasteiger partial charge in [0.15, 0.2) is 6.61 Å². The number of hydrogen-bond acceptors (Lipinski definition) is 4. The van der Waals surface area contributed by atoms with Crippen LogP contribution in [0.2, 0.25) is 5.02 Å². The zero-order valence-electron chi connectivity index (χ0n) is 13.9. The Balaban J connectivity index is 2.65. The van der Waals surface area contributed by atoms with Crippen molar-refractivity contribution in [2.24, 2.45) is 7.05 Å². The number of rotatable bonds is 4. The number of nitrogens with one attached hydrogen (secondary N) is 1. The maximum Gasteiger partial charge on any atom is 0.431 e. The molecule has 0 aliphatic rings. The predicted octanol–water partition coefficient (Wildman–Crippen LogP) is 1.47. The van der Waals surface area contributed by atoms with Crippen molar-refractivity contribution in [2.45, 2.75) is 6.18 Å². The lowest BCUT2D eigenvalue weighted by molar-refractivity contribution is -0.144. The van der Waals surface area contributed by atoms with Crippen molar-refractivity contribution in [3.05, 3.63) is 55.6 Å². The van der Waals surface area contributed by atoms with Crippen molar-refractivity contribution in [2.75, 3.05) is 13.7 Å². The molecule has 146 valence electrons. The Labute approximate surface area is 153 Å². The summed E-state index contributed by atoms with van der Waals surface area (Å²) in [6.07, 6.45) is -4.95. The van der Waals surface area contributed by atoms with Gasteiger partial charge in [0.25, 0.3) is 11.5 Å². The summed E-state index contributed by atoms with van der Waals surface area (Å²) in [6, 6.07) is 1.72. The van der Waals surface area contributed by atoms with Gasteiger partial charge in [-0.1, -0.05) is 11.6 Å². The highest BCUT2D eigenvalue weighted by Crippen LogP contribution is 2.30. The lowest BCUT2D eigenvalue weighted by atomic mass is 10.2. The molecule has 1 aromatic heterocycles. The summed E-state index contributed by atoms with van der Waals surface area (Å²) in [5.41, 5.74) is -4.98. The van der Waals surface area contributed by atoms with Gasteiger partial charge in [-0.2, -0.15) is 13.2 Å². The van der Waals surface area contributed by atoms with E-state index >= 15 is 0 Å². The van der Waals surface area contributed by atoms with Crippen LogP contribution in [0.3, 0.4) is 0 Å². The average molecular weight is 410 g/mol. The lowest BCUT2D eigenvalue weighted by Gasteiger charge is -2.15. The number of alkyl halides is 3. The van der Waals surface area contributed by atoms with Gasteiger partial charge in [-0.25, -0.2) is 13.8 Å². The predicted molar refractivity (Wildman–Crippen MR) is 86.8 cm³/mol. The fraction of sp³-hybridized carbons (Fsp3) is 0.267. The highest BCUT2D eigenvalue weighted by molar-refractivity contribution is 6.32. The van der Waals surface area contributed by atoms with E-state index in [9.17, 15) is 31.9 Å². The average Bonchev–Trinajstić information content (AvgIpc) is 2.57. The highest BCUT2D eigenvalue weighted by Gasteiger charge is 2.35. The third-order valence-corrected chi connectivity index (χ3v) is 3.79. The quantitative estimate of drug-likeness (QED) is 0.775. The van der Waals surface area contributed by atoms with Gasteiger partial charge >= 0.3 is 11.9 Å². The fourth-order valence-electron chi connectivity index (χ4n) is 2.14. The van der Waals surface area contributed by atoms with E-state index in [-0.39, 0.29) is 26.0 Å². The molecule has 2 aromatic rings. The molecule has 7 nitrogen and oxygen atoms in total. The lowest BCUT2D eigenvalue weighted by Crippen LogP contribution is -2.41. The second-order valence-electron chi connectivity index (χ2n) is 5.24. The van der Waals surface area contributed by atoms with Gasteiger partial charge < -0.3 is 10.1 Å². The Morgan fingerprint density at radius 3 is 2.44 bits per heavy atom. The van der Waals surface area contributed by atoms with Gasteiger partial charge in [-0.3, -0.25) is 14.2 Å². The van der Waals surface area contributed by atoms with Gasteiger partial charge in [0, 0.05) is 26.2 Å². The molecule has 0 atom stereocenters. The Morgan fingerprint density at radius 1 is 1.26 bits per heavy atom. The molecule has 0 bridgehead atoms. The third-order valence-electron chi connectivity index (χ3n) is 3.49. The topological polar surface area (TPSA) is 82.3 Å². The number of amides is 1. The summed E-state index contributed by atoms with van der Waals surface area (Å²) >= 11 is 5.80. The van der Waals surface area contributed by atoms with E-state index in [1.54, 1.807) is 0 Å². The van der Waals surface area contributed by atoms with Crippen LogP contribution in [0.5, 0.6) is 5.75 Å². The molecule has 1 amide bonds. The van der Waals surface area contributed by atoms with E-state index in [4.69, 9.17) is 16.3 Å². The molecule has 0 saturated carbocycles. The summed E-state index contributed by atoms with van der Waals surface area (Å²) in [5.74, 6) is -1.93. The Morgan fingerprint density at radius 2 is 1.89 bits per heavy atom. The molecule has 0 saturated heterocycles. The van der Waals surface area contributed by atoms with Crippen LogP contribution in [0, 0.1) is 5.82 Å². The number of carbonyl (C=O) groups excluding carboxylic acids is 1. The Bertz CT molecular complexity index is 1010. The van der Waals surface area contributed by atoms with Crippen molar-refractivity contribution >= 4 is 17.5 Å². The van der Waals surface area contributed by atoms with E-state index in [0.717, 1.165) is 13.1 Å². The zero-order chi connectivity index (χ0) is 20.5. The van der Waals surface area contributed by atoms with Crippen LogP contribution >= 0.6 is 11.6 Å². The first-order valence-corrected chi connectivity index (χ1v) is 7.58. The Kier molecular flexibility index (Phi) is 5.64. The number of aromatic nitrogens is 2. The minimum absolute atomic E-state index is 0.167. The zero-order valence-corrected chi connectivity index (χ0v) is 14.6. The van der Waals surface area contributed by atoms with Gasteiger partial charge in [-0.15, -0.1) is 0 Å². The van der Waals surface area contributed by atoms with Crippen LogP contribution in [-0.2, 0) is 18.0 Å². The molecular weight excluding hydrogens is 398 g/mol. The molecule has 1 aromatic carbocycles. The number of benzene rings is 1. The molecule has 0 radical (unpaired) electrons. The normalized spacial score (nSPS) is 11.4. The van der Waals surface area contributed by atoms with Crippen LogP contribution in [0.4, 0.5) is 17.6 Å². The van der Waals surface area contributed by atoms with Gasteiger partial charge in [0.1, 0.15) is 17.3 Å². The standard InChI is InChI=1S/C15H12ClF4N3O4/c1-21-12(24)6-27-10-4-9(8(17)3-7(10)16)23-13(25)5-11(15(18,19)20)22(2)14(23)26/h3-5H,6H2,1-2H3,(H,21,24). The first kappa shape index (κ1) is 20.5. The molecule has 0 spiro atoms. The highest BCUT2D eigenvalue weighted by atomic mass is 35.5. The van der Waals surface area contributed by atoms with Crippen molar-refractivity contribution in [3.63, 3.8) is 0 Å². The van der Waals surface area contributed by atoms with E-state index in [2.05, 4.69) is 5.32 Å².